The SMILES string of the molecule is COc1ccc2cc(CN(C)C(=O)C(NC(=O)c3ccccc3C)C(C)C)ccc2c1. The lowest BCUT2D eigenvalue weighted by Crippen LogP contribution is -2.50. The van der Waals surface area contributed by atoms with Crippen molar-refractivity contribution in [3.05, 3.63) is 77.4 Å². The first-order valence-electron chi connectivity index (χ1n) is 10.5. The van der Waals surface area contributed by atoms with E-state index in [1.807, 2.05) is 69.3 Å². The Balaban J connectivity index is 1.73. The number of amides is 2. The highest BCUT2D eigenvalue weighted by Crippen LogP contribution is 2.22. The number of ether oxygens (including phenoxy) is 1. The van der Waals surface area contributed by atoms with Crippen molar-refractivity contribution in [3.8, 4) is 5.75 Å². The maximum Gasteiger partial charge on any atom is 0.252 e. The molecule has 0 heterocycles. The lowest BCUT2D eigenvalue weighted by Gasteiger charge is -2.27. The monoisotopic (exact) mass is 418 g/mol. The first kappa shape index (κ1) is 22.3. The highest BCUT2D eigenvalue weighted by atomic mass is 16.5. The van der Waals surface area contributed by atoms with Crippen LogP contribution in [0.25, 0.3) is 10.8 Å². The molecule has 162 valence electrons. The van der Waals surface area contributed by atoms with Crippen molar-refractivity contribution in [1.29, 1.82) is 0 Å². The van der Waals surface area contributed by atoms with E-state index in [9.17, 15) is 9.59 Å². The lowest BCUT2D eigenvalue weighted by molar-refractivity contribution is -0.133. The summed E-state index contributed by atoms with van der Waals surface area (Å²) < 4.78 is 5.28. The molecule has 0 saturated carbocycles. The Morgan fingerprint density at radius 3 is 2.35 bits per heavy atom. The molecule has 0 spiro atoms. The summed E-state index contributed by atoms with van der Waals surface area (Å²) in [6, 6.07) is 18.9. The summed E-state index contributed by atoms with van der Waals surface area (Å²) >= 11 is 0. The van der Waals surface area contributed by atoms with Gasteiger partial charge in [-0.2, -0.15) is 0 Å². The van der Waals surface area contributed by atoms with E-state index >= 15 is 0 Å². The van der Waals surface area contributed by atoms with Crippen molar-refractivity contribution in [1.82, 2.24) is 10.2 Å². The molecule has 0 radical (unpaired) electrons. The Morgan fingerprint density at radius 2 is 1.68 bits per heavy atom. The number of benzene rings is 3. The molecule has 5 heteroatoms. The molecule has 3 aromatic rings. The van der Waals surface area contributed by atoms with Crippen molar-refractivity contribution in [2.24, 2.45) is 5.92 Å². The molecule has 3 rings (SSSR count). The van der Waals surface area contributed by atoms with E-state index in [0.29, 0.717) is 12.1 Å². The second-order valence-electron chi connectivity index (χ2n) is 8.25. The van der Waals surface area contributed by atoms with Gasteiger partial charge in [0.05, 0.1) is 7.11 Å². The minimum absolute atomic E-state index is 0.0352. The fourth-order valence-corrected chi connectivity index (χ4v) is 3.65. The van der Waals surface area contributed by atoms with Gasteiger partial charge in [0.15, 0.2) is 0 Å². The van der Waals surface area contributed by atoms with Crippen LogP contribution in [0.1, 0.15) is 35.3 Å². The van der Waals surface area contributed by atoms with Crippen molar-refractivity contribution in [2.45, 2.75) is 33.4 Å². The Hall–Kier alpha value is -3.34. The topological polar surface area (TPSA) is 58.6 Å². The van der Waals surface area contributed by atoms with Gasteiger partial charge in [-0.1, -0.05) is 50.2 Å². The number of carbonyl (C=O) groups excluding carboxylic acids is 2. The average Bonchev–Trinajstić information content (AvgIpc) is 2.76. The molecular formula is C26H30N2O3. The minimum atomic E-state index is -0.596. The summed E-state index contributed by atoms with van der Waals surface area (Å²) in [6.07, 6.45) is 0. The quantitative estimate of drug-likeness (QED) is 0.611. The van der Waals surface area contributed by atoms with E-state index in [2.05, 4.69) is 11.4 Å². The lowest BCUT2D eigenvalue weighted by atomic mass is 10.0. The smallest absolute Gasteiger partial charge is 0.252 e. The average molecular weight is 419 g/mol. The summed E-state index contributed by atoms with van der Waals surface area (Å²) in [5, 5.41) is 5.11. The van der Waals surface area contributed by atoms with Gasteiger partial charge in [0.25, 0.3) is 5.91 Å². The molecule has 2 amide bonds. The molecule has 0 aliphatic carbocycles. The Morgan fingerprint density at radius 1 is 1.00 bits per heavy atom. The van der Waals surface area contributed by atoms with Gasteiger partial charge in [-0.3, -0.25) is 9.59 Å². The minimum Gasteiger partial charge on any atom is -0.497 e. The number of fused-ring (bicyclic) bond motifs is 1. The number of likely N-dealkylation sites (N-methyl/N-ethyl adjacent to an activating group) is 1. The van der Waals surface area contributed by atoms with E-state index in [1.54, 1.807) is 25.1 Å². The van der Waals surface area contributed by atoms with E-state index in [-0.39, 0.29) is 17.7 Å². The number of hydrogen-bond donors (Lipinski definition) is 1. The fraction of sp³-hybridized carbons (Fsp3) is 0.308. The summed E-state index contributed by atoms with van der Waals surface area (Å²) in [6.45, 7) is 6.24. The number of hydrogen-bond acceptors (Lipinski definition) is 3. The van der Waals surface area contributed by atoms with Crippen LogP contribution in [0.5, 0.6) is 5.75 Å². The predicted molar refractivity (Wildman–Crippen MR) is 124 cm³/mol. The van der Waals surface area contributed by atoms with Crippen LogP contribution >= 0.6 is 0 Å². The van der Waals surface area contributed by atoms with E-state index in [1.165, 1.54) is 0 Å². The molecule has 0 aliphatic heterocycles. The van der Waals surface area contributed by atoms with Crippen LogP contribution in [0, 0.1) is 12.8 Å². The largest absolute Gasteiger partial charge is 0.497 e. The number of nitrogens with zero attached hydrogens (tertiary/aromatic N) is 1. The van der Waals surface area contributed by atoms with Crippen LogP contribution < -0.4 is 10.1 Å². The molecule has 0 aliphatic rings. The van der Waals surface area contributed by atoms with Gasteiger partial charge in [-0.05, 0) is 59.0 Å². The predicted octanol–water partition coefficient (Wildman–Crippen LogP) is 4.57. The van der Waals surface area contributed by atoms with Gasteiger partial charge in [-0.25, -0.2) is 0 Å². The molecule has 31 heavy (non-hydrogen) atoms. The normalized spacial score (nSPS) is 11.9. The van der Waals surface area contributed by atoms with Crippen LogP contribution in [-0.2, 0) is 11.3 Å². The highest BCUT2D eigenvalue weighted by Gasteiger charge is 2.27. The summed E-state index contributed by atoms with van der Waals surface area (Å²) in [5.41, 5.74) is 2.51. The summed E-state index contributed by atoms with van der Waals surface area (Å²) in [4.78, 5) is 27.6. The van der Waals surface area contributed by atoms with Crippen molar-refractivity contribution in [2.75, 3.05) is 14.2 Å². The number of rotatable bonds is 7. The molecule has 1 N–H and O–H groups in total. The van der Waals surface area contributed by atoms with E-state index in [0.717, 1.165) is 27.6 Å². The van der Waals surface area contributed by atoms with Gasteiger partial charge in [-0.15, -0.1) is 0 Å². The first-order chi connectivity index (χ1) is 14.8. The van der Waals surface area contributed by atoms with Gasteiger partial charge >= 0.3 is 0 Å². The standard InChI is InChI=1S/C26H30N2O3/c1-17(2)24(27-25(29)23-9-7-6-8-18(23)3)26(30)28(4)16-19-10-11-21-15-22(31-5)13-12-20(21)14-19/h6-15,17,24H,16H2,1-5H3,(H,27,29). The third kappa shape index (κ3) is 5.23. The number of aryl methyl sites for hydroxylation is 1. The molecule has 3 aromatic carbocycles. The van der Waals surface area contributed by atoms with Crippen LogP contribution in [-0.4, -0.2) is 36.9 Å². The number of nitrogens with one attached hydrogen (secondary N) is 1. The second-order valence-corrected chi connectivity index (χ2v) is 8.25. The molecule has 1 atom stereocenters. The molecule has 0 bridgehead atoms. The summed E-state index contributed by atoms with van der Waals surface area (Å²) in [7, 11) is 3.43. The van der Waals surface area contributed by atoms with Crippen LogP contribution in [0.15, 0.2) is 60.7 Å². The van der Waals surface area contributed by atoms with Crippen LogP contribution in [0.2, 0.25) is 0 Å². The van der Waals surface area contributed by atoms with E-state index < -0.39 is 6.04 Å². The zero-order valence-corrected chi connectivity index (χ0v) is 18.8. The van der Waals surface area contributed by atoms with Crippen molar-refractivity contribution >= 4 is 22.6 Å². The number of methoxy groups -OCH3 is 1. The fourth-order valence-electron chi connectivity index (χ4n) is 3.65. The van der Waals surface area contributed by atoms with Gasteiger partial charge in [0.1, 0.15) is 11.8 Å². The summed E-state index contributed by atoms with van der Waals surface area (Å²) in [5.74, 6) is 0.452. The molecule has 0 fully saturated rings. The van der Waals surface area contributed by atoms with E-state index in [4.69, 9.17) is 4.74 Å². The second kappa shape index (κ2) is 9.65. The third-order valence-electron chi connectivity index (χ3n) is 5.52. The molecular weight excluding hydrogens is 388 g/mol. The first-order valence-corrected chi connectivity index (χ1v) is 10.5. The maximum absolute atomic E-state index is 13.2. The zero-order valence-electron chi connectivity index (χ0n) is 18.8. The molecule has 1 unspecified atom stereocenters. The van der Waals surface area contributed by atoms with Crippen molar-refractivity contribution in [3.63, 3.8) is 0 Å². The molecule has 5 nitrogen and oxygen atoms in total. The Bertz CT molecular complexity index is 1090. The zero-order chi connectivity index (χ0) is 22.5. The number of carbonyl (C=O) groups is 2. The van der Waals surface area contributed by atoms with Crippen LogP contribution in [0.3, 0.4) is 0 Å². The maximum atomic E-state index is 13.2. The third-order valence-corrected chi connectivity index (χ3v) is 5.52. The Kier molecular flexibility index (Phi) is 6.95. The van der Waals surface area contributed by atoms with Gasteiger partial charge in [0.2, 0.25) is 5.91 Å². The highest BCUT2D eigenvalue weighted by molar-refractivity contribution is 5.98. The van der Waals surface area contributed by atoms with Gasteiger partial charge in [0, 0.05) is 19.2 Å². The molecule has 0 aromatic heterocycles. The van der Waals surface area contributed by atoms with Crippen molar-refractivity contribution < 1.29 is 14.3 Å². The Labute approximate surface area is 184 Å². The molecule has 0 saturated heterocycles. The van der Waals surface area contributed by atoms with Crippen LogP contribution in [0.4, 0.5) is 0 Å². The van der Waals surface area contributed by atoms with Gasteiger partial charge < -0.3 is 15.0 Å².